The number of alkyl halides is 1. The highest BCUT2D eigenvalue weighted by molar-refractivity contribution is 7.88. The fourth-order valence-electron chi connectivity index (χ4n) is 4.38. The number of carbonyl (C=O) groups excluding carboxylic acids is 1. The van der Waals surface area contributed by atoms with Crippen molar-refractivity contribution in [2.24, 2.45) is 11.3 Å². The van der Waals surface area contributed by atoms with E-state index in [9.17, 15) is 17.6 Å². The van der Waals surface area contributed by atoms with Crippen molar-refractivity contribution in [3.63, 3.8) is 0 Å². The fraction of sp³-hybridized carbons (Fsp3) is 0.474. The van der Waals surface area contributed by atoms with Crippen LogP contribution in [0.1, 0.15) is 16.9 Å². The molecule has 0 aliphatic carbocycles. The molecule has 2 atom stereocenters. The van der Waals surface area contributed by atoms with Crippen LogP contribution in [0.25, 0.3) is 11.3 Å². The van der Waals surface area contributed by atoms with Gasteiger partial charge in [0.05, 0.1) is 23.6 Å². The summed E-state index contributed by atoms with van der Waals surface area (Å²) < 4.78 is 39.3. The van der Waals surface area contributed by atoms with E-state index in [0.717, 1.165) is 6.26 Å². The Morgan fingerprint density at radius 3 is 2.83 bits per heavy atom. The van der Waals surface area contributed by atoms with Crippen LogP contribution in [0.15, 0.2) is 30.3 Å². The second kappa shape index (κ2) is 7.37. The van der Waals surface area contributed by atoms with Gasteiger partial charge in [0.25, 0.3) is 5.91 Å². The lowest BCUT2D eigenvalue weighted by Gasteiger charge is -2.41. The number of aromatic nitrogens is 2. The molecule has 2 fully saturated rings. The zero-order valence-electron chi connectivity index (χ0n) is 15.9. The Hall–Kier alpha value is -1.97. The maximum Gasteiger partial charge on any atom is 0.271 e. The van der Waals surface area contributed by atoms with E-state index in [1.807, 2.05) is 18.2 Å². The molecule has 0 spiro atoms. The van der Waals surface area contributed by atoms with Gasteiger partial charge in [0.1, 0.15) is 5.69 Å². The smallest absolute Gasteiger partial charge is 0.271 e. The molecule has 29 heavy (non-hydrogen) atoms. The quantitative estimate of drug-likeness (QED) is 0.791. The molecule has 7 nitrogen and oxygen atoms in total. The highest BCUT2D eigenvalue weighted by atomic mass is 35.5. The van der Waals surface area contributed by atoms with Gasteiger partial charge in [-0.2, -0.15) is 5.10 Å². The van der Waals surface area contributed by atoms with Gasteiger partial charge in [-0.1, -0.05) is 29.8 Å². The van der Waals surface area contributed by atoms with Crippen molar-refractivity contribution in [3.8, 4) is 11.3 Å². The molecule has 4 rings (SSSR count). The molecule has 1 amide bonds. The summed E-state index contributed by atoms with van der Waals surface area (Å²) in [4.78, 5) is 14.6. The number of benzene rings is 1. The number of aromatic amines is 1. The number of fused-ring (bicyclic) bond motifs is 1. The number of nitrogens with one attached hydrogen (secondary N) is 1. The monoisotopic (exact) mass is 440 g/mol. The van der Waals surface area contributed by atoms with Crippen molar-refractivity contribution in [3.05, 3.63) is 41.0 Å². The Morgan fingerprint density at radius 1 is 1.38 bits per heavy atom. The second-order valence-corrected chi connectivity index (χ2v) is 10.3. The van der Waals surface area contributed by atoms with Crippen LogP contribution in [0.3, 0.4) is 0 Å². The summed E-state index contributed by atoms with van der Waals surface area (Å²) in [6, 6.07) is 8.84. The number of rotatable bonds is 4. The number of sulfonamides is 1. The van der Waals surface area contributed by atoms with Crippen LogP contribution < -0.4 is 0 Å². The summed E-state index contributed by atoms with van der Waals surface area (Å²) in [6.07, 6.45) is 1.67. The normalized spacial score (nSPS) is 25.2. The average Bonchev–Trinajstić information content (AvgIpc) is 3.32. The largest absolute Gasteiger partial charge is 0.336 e. The number of amides is 1. The molecule has 10 heteroatoms. The lowest BCUT2D eigenvalue weighted by atomic mass is 9.75. The number of hydrogen-bond donors (Lipinski definition) is 1. The van der Waals surface area contributed by atoms with E-state index in [2.05, 4.69) is 10.2 Å². The SMILES string of the molecule is CS(=O)(=O)N1CCC2CN(C(=O)c3cc(-c4ccccc4Cl)n[nH]3)CC2(CF)C1. The second-order valence-electron chi connectivity index (χ2n) is 7.91. The van der Waals surface area contributed by atoms with E-state index in [1.165, 1.54) is 4.31 Å². The van der Waals surface area contributed by atoms with Gasteiger partial charge < -0.3 is 4.90 Å². The van der Waals surface area contributed by atoms with Crippen molar-refractivity contribution in [1.29, 1.82) is 0 Å². The number of hydrogen-bond acceptors (Lipinski definition) is 4. The van der Waals surface area contributed by atoms with Crippen LogP contribution in [0.2, 0.25) is 5.02 Å². The first-order chi connectivity index (χ1) is 13.7. The van der Waals surface area contributed by atoms with Gasteiger partial charge >= 0.3 is 0 Å². The van der Waals surface area contributed by atoms with Crippen molar-refractivity contribution >= 4 is 27.5 Å². The third-order valence-corrected chi connectivity index (χ3v) is 7.59. The van der Waals surface area contributed by atoms with E-state index in [4.69, 9.17) is 11.6 Å². The number of carbonyl (C=O) groups is 1. The third-order valence-electron chi connectivity index (χ3n) is 6.01. The standard InChI is InChI=1S/C19H22ClFN4O3S/c1-29(27,28)25-7-6-13-9-24(11-19(13,10-21)12-25)18(26)17-8-16(22-23-17)14-4-2-3-5-15(14)20/h2-5,8,13H,6-7,9-12H2,1H3,(H,22,23). The first kappa shape index (κ1) is 20.3. The van der Waals surface area contributed by atoms with Crippen LogP contribution in [-0.4, -0.2) is 72.8 Å². The summed E-state index contributed by atoms with van der Waals surface area (Å²) in [5.41, 5.74) is 0.706. The molecule has 1 N–H and O–H groups in total. The minimum absolute atomic E-state index is 0.0691. The van der Waals surface area contributed by atoms with Gasteiger partial charge in [0.2, 0.25) is 10.0 Å². The van der Waals surface area contributed by atoms with E-state index < -0.39 is 22.1 Å². The lowest BCUT2D eigenvalue weighted by Crippen LogP contribution is -2.51. The Labute approximate surface area is 173 Å². The number of H-pyrrole nitrogens is 1. The first-order valence-corrected chi connectivity index (χ1v) is 11.6. The molecule has 1 aromatic carbocycles. The number of likely N-dealkylation sites (tertiary alicyclic amines) is 1. The molecule has 2 aromatic rings. The molecule has 2 aliphatic heterocycles. The minimum atomic E-state index is -3.40. The zero-order valence-corrected chi connectivity index (χ0v) is 17.5. The van der Waals surface area contributed by atoms with Gasteiger partial charge in [0, 0.05) is 37.2 Å². The number of piperidine rings is 1. The maximum absolute atomic E-state index is 14.1. The van der Waals surface area contributed by atoms with Gasteiger partial charge in [0.15, 0.2) is 0 Å². The molecule has 0 saturated carbocycles. The highest BCUT2D eigenvalue weighted by Gasteiger charge is 2.52. The molecule has 2 aliphatic rings. The van der Waals surface area contributed by atoms with E-state index in [1.54, 1.807) is 17.0 Å². The predicted octanol–water partition coefficient (Wildman–Crippen LogP) is 2.42. The molecule has 2 saturated heterocycles. The summed E-state index contributed by atoms with van der Waals surface area (Å²) in [5, 5.41) is 7.48. The fourth-order valence-corrected chi connectivity index (χ4v) is 5.54. The Balaban J connectivity index is 1.55. The van der Waals surface area contributed by atoms with Gasteiger partial charge in [-0.05, 0) is 24.5 Å². The van der Waals surface area contributed by atoms with Crippen molar-refractivity contribution in [1.82, 2.24) is 19.4 Å². The van der Waals surface area contributed by atoms with Crippen molar-refractivity contribution in [2.45, 2.75) is 6.42 Å². The number of halogens is 2. The van der Waals surface area contributed by atoms with Crippen molar-refractivity contribution < 1.29 is 17.6 Å². The van der Waals surface area contributed by atoms with Crippen LogP contribution in [0.4, 0.5) is 4.39 Å². The Kier molecular flexibility index (Phi) is 5.16. The minimum Gasteiger partial charge on any atom is -0.336 e. The van der Waals surface area contributed by atoms with E-state index in [-0.39, 0.29) is 24.9 Å². The van der Waals surface area contributed by atoms with Gasteiger partial charge in [-0.25, -0.2) is 12.7 Å². The van der Waals surface area contributed by atoms with Crippen molar-refractivity contribution in [2.75, 3.05) is 39.1 Å². The average molecular weight is 441 g/mol. The molecular weight excluding hydrogens is 419 g/mol. The lowest BCUT2D eigenvalue weighted by molar-refractivity contribution is 0.0696. The van der Waals surface area contributed by atoms with E-state index in [0.29, 0.717) is 41.5 Å². The molecule has 3 heterocycles. The molecule has 1 aromatic heterocycles. The summed E-state index contributed by atoms with van der Waals surface area (Å²) in [7, 11) is -3.40. The van der Waals surface area contributed by atoms with Crippen LogP contribution in [-0.2, 0) is 10.0 Å². The summed E-state index contributed by atoms with van der Waals surface area (Å²) in [6.45, 7) is 0.375. The summed E-state index contributed by atoms with van der Waals surface area (Å²) >= 11 is 6.20. The molecule has 0 bridgehead atoms. The van der Waals surface area contributed by atoms with Crippen LogP contribution in [0.5, 0.6) is 0 Å². The molecule has 2 unspecified atom stereocenters. The molecule has 156 valence electrons. The third kappa shape index (κ3) is 3.67. The van der Waals surface area contributed by atoms with Crippen LogP contribution >= 0.6 is 11.6 Å². The molecular formula is C19H22ClFN4O3S. The highest BCUT2D eigenvalue weighted by Crippen LogP contribution is 2.43. The maximum atomic E-state index is 14.1. The zero-order chi connectivity index (χ0) is 20.8. The molecule has 0 radical (unpaired) electrons. The summed E-state index contributed by atoms with van der Waals surface area (Å²) in [5.74, 6) is -0.343. The Morgan fingerprint density at radius 2 is 2.14 bits per heavy atom. The first-order valence-electron chi connectivity index (χ1n) is 9.34. The Bertz CT molecular complexity index is 1040. The number of nitrogens with zero attached hydrogens (tertiary/aromatic N) is 3. The van der Waals surface area contributed by atoms with Crippen LogP contribution in [0, 0.1) is 11.3 Å². The van der Waals surface area contributed by atoms with Gasteiger partial charge in [-0.3, -0.25) is 14.3 Å². The topological polar surface area (TPSA) is 86.4 Å². The van der Waals surface area contributed by atoms with E-state index >= 15 is 0 Å². The van der Waals surface area contributed by atoms with Gasteiger partial charge in [-0.15, -0.1) is 0 Å². The predicted molar refractivity (Wildman–Crippen MR) is 108 cm³/mol.